The third kappa shape index (κ3) is 2.64. The van der Waals surface area contributed by atoms with Crippen LogP contribution in [0, 0.1) is 0 Å². The minimum atomic E-state index is -4.86. The van der Waals surface area contributed by atoms with Gasteiger partial charge < -0.3 is 14.6 Å². The van der Waals surface area contributed by atoms with Gasteiger partial charge in [0.25, 0.3) is 0 Å². The predicted octanol–water partition coefficient (Wildman–Crippen LogP) is 3.83. The Morgan fingerprint density at radius 1 is 1.35 bits per heavy atom. The normalized spacial score (nSPS) is 20.3. The summed E-state index contributed by atoms with van der Waals surface area (Å²) in [6, 6.07) is 2.96. The Morgan fingerprint density at radius 2 is 2.00 bits per heavy atom. The summed E-state index contributed by atoms with van der Waals surface area (Å²) in [6.07, 6.45) is -3.78. The summed E-state index contributed by atoms with van der Waals surface area (Å²) in [4.78, 5) is 11.4. The lowest BCUT2D eigenvalue weighted by Gasteiger charge is -2.39. The molecule has 1 N–H and O–H groups in total. The number of alkyl halides is 3. The number of carbonyl (C=O) groups is 1. The highest BCUT2D eigenvalue weighted by atomic mass is 19.4. The Morgan fingerprint density at radius 3 is 2.43 bits per heavy atom. The average molecular weight is 330 g/mol. The van der Waals surface area contributed by atoms with Crippen molar-refractivity contribution >= 4 is 12.0 Å². The summed E-state index contributed by atoms with van der Waals surface area (Å²) in [5, 5.41) is 9.25. The lowest BCUT2D eigenvalue weighted by Crippen LogP contribution is -2.54. The number of halogens is 3. The molecule has 0 spiro atoms. The second-order valence-corrected chi connectivity index (χ2v) is 5.20. The molecule has 1 aliphatic heterocycles. The molecule has 0 amide bonds. The summed E-state index contributed by atoms with van der Waals surface area (Å²) in [7, 11) is 1.42. The van der Waals surface area contributed by atoms with Crippen LogP contribution in [0.3, 0.4) is 0 Å². The van der Waals surface area contributed by atoms with Crippen molar-refractivity contribution in [3.63, 3.8) is 0 Å². The molecule has 7 heteroatoms. The standard InChI is InChI=1S/C16H17F3O4/c1-4-9-6-10-7-11(14(20)21)15(5-2,16(17,18)19)23-13(10)8-12(9)22-3/h6-8H,4-5H2,1-3H3,(H,20,21). The molecule has 0 aliphatic carbocycles. The first-order valence-corrected chi connectivity index (χ1v) is 7.12. The van der Waals surface area contributed by atoms with Gasteiger partial charge in [-0.25, -0.2) is 4.79 Å². The highest BCUT2D eigenvalue weighted by molar-refractivity contribution is 5.96. The maximum atomic E-state index is 13.6. The minimum absolute atomic E-state index is 0.0387. The molecule has 1 unspecified atom stereocenters. The van der Waals surface area contributed by atoms with E-state index in [2.05, 4.69) is 0 Å². The number of aliphatic carboxylic acids is 1. The number of rotatable bonds is 4. The Kier molecular flexibility index (Phi) is 4.32. The van der Waals surface area contributed by atoms with Crippen molar-refractivity contribution in [2.45, 2.75) is 38.5 Å². The molecule has 1 aromatic carbocycles. The third-order valence-electron chi connectivity index (χ3n) is 4.00. The number of carboxylic acid groups (broad SMARTS) is 1. The third-order valence-corrected chi connectivity index (χ3v) is 4.00. The molecule has 0 aromatic heterocycles. The number of benzene rings is 1. The van der Waals surface area contributed by atoms with Gasteiger partial charge >= 0.3 is 12.1 Å². The van der Waals surface area contributed by atoms with Crippen LogP contribution in [-0.2, 0) is 11.2 Å². The van der Waals surface area contributed by atoms with Crippen molar-refractivity contribution in [1.29, 1.82) is 0 Å². The molecule has 126 valence electrons. The first-order chi connectivity index (χ1) is 10.7. The quantitative estimate of drug-likeness (QED) is 0.911. The minimum Gasteiger partial charge on any atom is -0.496 e. The smallest absolute Gasteiger partial charge is 0.432 e. The van der Waals surface area contributed by atoms with Crippen LogP contribution in [0.1, 0.15) is 31.4 Å². The van der Waals surface area contributed by atoms with Crippen LogP contribution >= 0.6 is 0 Å². The first-order valence-electron chi connectivity index (χ1n) is 7.12. The van der Waals surface area contributed by atoms with Crippen molar-refractivity contribution in [3.05, 3.63) is 28.8 Å². The van der Waals surface area contributed by atoms with Gasteiger partial charge in [0.2, 0.25) is 5.60 Å². The molecule has 0 bridgehead atoms. The van der Waals surface area contributed by atoms with E-state index in [9.17, 15) is 23.1 Å². The maximum absolute atomic E-state index is 13.6. The second-order valence-electron chi connectivity index (χ2n) is 5.20. The van der Waals surface area contributed by atoms with Crippen LogP contribution < -0.4 is 9.47 Å². The SMILES string of the molecule is CCc1cc2c(cc1OC)OC(CC)(C(F)(F)F)C(C(=O)O)=C2. The molecule has 0 radical (unpaired) electrons. The molecule has 4 nitrogen and oxygen atoms in total. The molecule has 1 atom stereocenters. The van der Waals surface area contributed by atoms with Gasteiger partial charge in [0, 0.05) is 11.6 Å². The van der Waals surface area contributed by atoms with E-state index in [1.54, 1.807) is 6.07 Å². The zero-order valence-electron chi connectivity index (χ0n) is 13.0. The monoisotopic (exact) mass is 330 g/mol. The van der Waals surface area contributed by atoms with E-state index in [1.165, 1.54) is 20.1 Å². The van der Waals surface area contributed by atoms with Crippen molar-refractivity contribution in [2.24, 2.45) is 0 Å². The topological polar surface area (TPSA) is 55.8 Å². The summed E-state index contributed by atoms with van der Waals surface area (Å²) in [5.41, 5.74) is -2.63. The largest absolute Gasteiger partial charge is 0.496 e. The van der Waals surface area contributed by atoms with Crippen molar-refractivity contribution in [2.75, 3.05) is 7.11 Å². The first kappa shape index (κ1) is 17.2. The van der Waals surface area contributed by atoms with Gasteiger partial charge in [0.15, 0.2) is 0 Å². The van der Waals surface area contributed by atoms with Gasteiger partial charge in [-0.05, 0) is 30.5 Å². The Labute approximate surface area is 131 Å². The highest BCUT2D eigenvalue weighted by Crippen LogP contribution is 2.48. The molecule has 0 saturated heterocycles. The van der Waals surface area contributed by atoms with E-state index >= 15 is 0 Å². The molecule has 0 saturated carbocycles. The average Bonchev–Trinajstić information content (AvgIpc) is 2.50. The molecule has 1 aromatic rings. The summed E-state index contributed by atoms with van der Waals surface area (Å²) in [6.45, 7) is 3.11. The highest BCUT2D eigenvalue weighted by Gasteiger charge is 2.61. The van der Waals surface area contributed by atoms with Crippen LogP contribution in [-0.4, -0.2) is 30.0 Å². The lowest BCUT2D eigenvalue weighted by molar-refractivity contribution is -0.236. The van der Waals surface area contributed by atoms with Gasteiger partial charge in [0.05, 0.1) is 12.7 Å². The molecule has 1 heterocycles. The van der Waals surface area contributed by atoms with Gasteiger partial charge in [-0.1, -0.05) is 13.8 Å². The van der Waals surface area contributed by atoms with E-state index in [1.807, 2.05) is 6.92 Å². The number of hydrogen-bond acceptors (Lipinski definition) is 3. The summed E-state index contributed by atoms with van der Waals surface area (Å²) < 4.78 is 51.1. The fraction of sp³-hybridized carbons (Fsp3) is 0.438. The number of ether oxygens (including phenoxy) is 2. The summed E-state index contributed by atoms with van der Waals surface area (Å²) in [5.74, 6) is -1.28. The zero-order chi connectivity index (χ0) is 17.4. The number of carboxylic acids is 1. The van der Waals surface area contributed by atoms with Crippen LogP contribution in [0.5, 0.6) is 11.5 Å². The molecule has 1 aliphatic rings. The molecular formula is C16H17F3O4. The lowest BCUT2D eigenvalue weighted by atomic mass is 9.85. The van der Waals surface area contributed by atoms with Gasteiger partial charge in [-0.15, -0.1) is 0 Å². The zero-order valence-corrected chi connectivity index (χ0v) is 13.0. The Balaban J connectivity index is 2.72. The maximum Gasteiger partial charge on any atom is 0.432 e. The molecule has 2 rings (SSSR count). The number of aryl methyl sites for hydroxylation is 1. The predicted molar refractivity (Wildman–Crippen MR) is 77.7 cm³/mol. The van der Waals surface area contributed by atoms with E-state index in [0.29, 0.717) is 17.7 Å². The Bertz CT molecular complexity index is 664. The number of methoxy groups -OCH3 is 1. The second kappa shape index (κ2) is 5.79. The van der Waals surface area contributed by atoms with Gasteiger partial charge in [0.1, 0.15) is 11.5 Å². The fourth-order valence-corrected chi connectivity index (χ4v) is 2.72. The van der Waals surface area contributed by atoms with E-state index in [-0.39, 0.29) is 5.75 Å². The van der Waals surface area contributed by atoms with Crippen molar-refractivity contribution < 1.29 is 32.5 Å². The van der Waals surface area contributed by atoms with Crippen LogP contribution in [0.2, 0.25) is 0 Å². The van der Waals surface area contributed by atoms with Crippen LogP contribution in [0.15, 0.2) is 17.7 Å². The van der Waals surface area contributed by atoms with Gasteiger partial charge in [-0.2, -0.15) is 13.2 Å². The van der Waals surface area contributed by atoms with E-state index < -0.39 is 29.7 Å². The fourth-order valence-electron chi connectivity index (χ4n) is 2.72. The number of hydrogen-bond donors (Lipinski definition) is 1. The van der Waals surface area contributed by atoms with Crippen LogP contribution in [0.25, 0.3) is 6.08 Å². The van der Waals surface area contributed by atoms with Crippen LogP contribution in [0.4, 0.5) is 13.2 Å². The summed E-state index contributed by atoms with van der Waals surface area (Å²) >= 11 is 0. The number of fused-ring (bicyclic) bond motifs is 1. The van der Waals surface area contributed by atoms with Crippen molar-refractivity contribution in [1.82, 2.24) is 0 Å². The molecular weight excluding hydrogens is 313 g/mol. The van der Waals surface area contributed by atoms with E-state index in [4.69, 9.17) is 9.47 Å². The molecule has 23 heavy (non-hydrogen) atoms. The van der Waals surface area contributed by atoms with E-state index in [0.717, 1.165) is 11.6 Å². The molecule has 0 fully saturated rings. The van der Waals surface area contributed by atoms with Gasteiger partial charge in [-0.3, -0.25) is 0 Å². The van der Waals surface area contributed by atoms with Crippen molar-refractivity contribution in [3.8, 4) is 11.5 Å². The Hall–Kier alpha value is -2.18.